The lowest BCUT2D eigenvalue weighted by atomic mass is 10.2. The van der Waals surface area contributed by atoms with Gasteiger partial charge in [0.1, 0.15) is 14.7 Å². The van der Waals surface area contributed by atoms with Gasteiger partial charge in [-0.3, -0.25) is 4.79 Å². The van der Waals surface area contributed by atoms with Crippen LogP contribution in [-0.2, 0) is 19.9 Å². The molecule has 0 saturated carbocycles. The molecule has 0 atom stereocenters. The van der Waals surface area contributed by atoms with Crippen molar-refractivity contribution < 1.29 is 21.6 Å². The van der Waals surface area contributed by atoms with Crippen molar-refractivity contribution >= 4 is 48.4 Å². The summed E-state index contributed by atoms with van der Waals surface area (Å²) in [4.78, 5) is 11.9. The Hall–Kier alpha value is -0.680. The zero-order valence-electron chi connectivity index (χ0n) is 9.83. The van der Waals surface area contributed by atoms with Crippen LogP contribution in [0.3, 0.4) is 0 Å². The summed E-state index contributed by atoms with van der Waals surface area (Å²) in [6, 6.07) is 4.48. The van der Waals surface area contributed by atoms with Crippen LogP contribution in [0, 0.1) is 3.57 Å². The molecule has 2 rings (SSSR count). The van der Waals surface area contributed by atoms with Gasteiger partial charge in [-0.05, 0) is 40.8 Å². The van der Waals surface area contributed by atoms with Crippen LogP contribution >= 0.6 is 22.6 Å². The summed E-state index contributed by atoms with van der Waals surface area (Å²) < 4.78 is 47.9. The lowest BCUT2D eigenvalue weighted by Gasteiger charge is -2.13. The number of fused-ring (bicyclic) bond motifs is 1. The number of nitrogens with zero attached hydrogens (tertiary/aromatic N) is 1. The molecule has 0 aromatic heterocycles. The molecule has 19 heavy (non-hydrogen) atoms. The van der Waals surface area contributed by atoms with E-state index in [1.807, 2.05) is 22.6 Å². The summed E-state index contributed by atoms with van der Waals surface area (Å²) in [7, 11) is -7.27. The third kappa shape index (κ3) is 2.77. The maximum atomic E-state index is 12.2. The molecule has 1 aliphatic rings. The zero-order chi connectivity index (χ0) is 14.4. The van der Waals surface area contributed by atoms with Gasteiger partial charge in [0, 0.05) is 9.83 Å². The number of benzene rings is 1. The molecule has 1 aromatic rings. The van der Waals surface area contributed by atoms with Gasteiger partial charge in [-0.15, -0.1) is 0 Å². The molecular weight excluding hydrogens is 405 g/mol. The van der Waals surface area contributed by atoms with Crippen molar-refractivity contribution in [3.05, 3.63) is 27.3 Å². The quantitative estimate of drug-likeness (QED) is 0.671. The molecule has 0 fully saturated rings. The van der Waals surface area contributed by atoms with Crippen LogP contribution in [0.4, 0.5) is 0 Å². The highest BCUT2D eigenvalue weighted by Crippen LogP contribution is 2.31. The van der Waals surface area contributed by atoms with Gasteiger partial charge in [-0.1, -0.05) is 0 Å². The van der Waals surface area contributed by atoms with Gasteiger partial charge in [0.05, 0.1) is 17.9 Å². The van der Waals surface area contributed by atoms with Crippen LogP contribution in [0.15, 0.2) is 23.1 Å². The molecule has 1 amide bonds. The predicted octanol–water partition coefficient (Wildman–Crippen LogP) is 0.480. The first-order chi connectivity index (χ1) is 8.63. The summed E-state index contributed by atoms with van der Waals surface area (Å²) in [5.41, 5.74) is 0.0916. The molecule has 0 bridgehead atoms. The Bertz CT molecular complexity index is 754. The van der Waals surface area contributed by atoms with E-state index in [9.17, 15) is 21.6 Å². The van der Waals surface area contributed by atoms with Crippen LogP contribution < -0.4 is 0 Å². The normalized spacial score (nSPS) is 17.6. The number of amides is 1. The molecule has 9 heteroatoms. The summed E-state index contributed by atoms with van der Waals surface area (Å²) >= 11 is 1.95. The largest absolute Gasteiger partial charge is 0.269 e. The highest BCUT2D eigenvalue weighted by Gasteiger charge is 2.41. The maximum Gasteiger partial charge on any atom is 0.269 e. The van der Waals surface area contributed by atoms with Crippen molar-refractivity contribution in [1.29, 1.82) is 0 Å². The predicted molar refractivity (Wildman–Crippen MR) is 77.1 cm³/mol. The Morgan fingerprint density at radius 1 is 1.32 bits per heavy atom. The number of carbonyl (C=O) groups excluding carboxylic acids is 1. The first-order valence-corrected chi connectivity index (χ1v) is 9.75. The van der Waals surface area contributed by atoms with Gasteiger partial charge in [0.15, 0.2) is 0 Å². The molecule has 0 unspecified atom stereocenters. The van der Waals surface area contributed by atoms with Crippen LogP contribution in [-0.4, -0.2) is 45.6 Å². The molecule has 0 aliphatic carbocycles. The van der Waals surface area contributed by atoms with Crippen molar-refractivity contribution in [3.63, 3.8) is 0 Å². The van der Waals surface area contributed by atoms with E-state index in [1.54, 1.807) is 6.07 Å². The summed E-state index contributed by atoms with van der Waals surface area (Å²) in [5.74, 6) is -1.06. The van der Waals surface area contributed by atoms with Gasteiger partial charge < -0.3 is 0 Å². The average Bonchev–Trinajstić information content (AvgIpc) is 2.44. The van der Waals surface area contributed by atoms with Gasteiger partial charge >= 0.3 is 0 Å². The molecule has 104 valence electrons. The van der Waals surface area contributed by atoms with Crippen molar-refractivity contribution in [2.45, 2.75) is 4.90 Å². The SMILES string of the molecule is CS(=O)(=O)CCN1C(=O)c2ccc(I)cc2S1(=O)=O. The van der Waals surface area contributed by atoms with E-state index in [-0.39, 0.29) is 22.8 Å². The number of halogens is 1. The van der Waals surface area contributed by atoms with Gasteiger partial charge in [0.25, 0.3) is 15.9 Å². The van der Waals surface area contributed by atoms with E-state index in [1.165, 1.54) is 12.1 Å². The molecule has 1 heterocycles. The third-order valence-electron chi connectivity index (χ3n) is 2.63. The van der Waals surface area contributed by atoms with Crippen LogP contribution in [0.2, 0.25) is 0 Å². The number of hydrogen-bond donors (Lipinski definition) is 0. The second-order valence-corrected chi connectivity index (χ2v) is 9.49. The minimum absolute atomic E-state index is 0.0575. The molecule has 1 aromatic carbocycles. The Balaban J connectivity index is 2.44. The molecule has 0 spiro atoms. The first-order valence-electron chi connectivity index (χ1n) is 5.17. The minimum atomic E-state index is -3.93. The van der Waals surface area contributed by atoms with Gasteiger partial charge in [-0.25, -0.2) is 21.1 Å². The van der Waals surface area contributed by atoms with E-state index in [2.05, 4.69) is 0 Å². The Morgan fingerprint density at radius 2 is 1.95 bits per heavy atom. The number of sulfonamides is 1. The molecule has 1 aliphatic heterocycles. The third-order valence-corrected chi connectivity index (χ3v) is 6.05. The number of sulfone groups is 1. The number of hydrogen-bond acceptors (Lipinski definition) is 5. The van der Waals surface area contributed by atoms with E-state index >= 15 is 0 Å². The summed E-state index contributed by atoms with van der Waals surface area (Å²) in [6.07, 6.45) is 0.996. The van der Waals surface area contributed by atoms with Crippen molar-refractivity contribution in [1.82, 2.24) is 4.31 Å². The Labute approximate surface area is 124 Å². The number of carbonyl (C=O) groups is 1. The fourth-order valence-corrected chi connectivity index (χ4v) is 4.65. The van der Waals surface area contributed by atoms with Gasteiger partial charge in [0.2, 0.25) is 0 Å². The summed E-state index contributed by atoms with van der Waals surface area (Å²) in [6.45, 7) is -0.356. The van der Waals surface area contributed by atoms with E-state index < -0.39 is 25.8 Å². The highest BCUT2D eigenvalue weighted by atomic mass is 127. The lowest BCUT2D eigenvalue weighted by Crippen LogP contribution is -2.34. The van der Waals surface area contributed by atoms with Crippen molar-refractivity contribution in [3.8, 4) is 0 Å². The fraction of sp³-hybridized carbons (Fsp3) is 0.300. The average molecular weight is 415 g/mol. The lowest BCUT2D eigenvalue weighted by molar-refractivity contribution is 0.0876. The highest BCUT2D eigenvalue weighted by molar-refractivity contribution is 14.1. The Morgan fingerprint density at radius 3 is 2.53 bits per heavy atom. The zero-order valence-corrected chi connectivity index (χ0v) is 13.6. The fourth-order valence-electron chi connectivity index (χ4n) is 1.72. The number of rotatable bonds is 3. The van der Waals surface area contributed by atoms with Gasteiger partial charge in [-0.2, -0.15) is 0 Å². The van der Waals surface area contributed by atoms with Crippen molar-refractivity contribution in [2.75, 3.05) is 18.6 Å². The van der Waals surface area contributed by atoms with E-state index in [4.69, 9.17) is 0 Å². The first kappa shape index (κ1) is 14.7. The minimum Gasteiger partial charge on any atom is -0.268 e. The molecule has 0 N–H and O–H groups in total. The standard InChI is InChI=1S/C10H10INO5S2/c1-18(14,15)5-4-12-10(13)8-3-2-7(11)6-9(8)19(12,16)17/h2-3,6H,4-5H2,1H3. The summed E-state index contributed by atoms with van der Waals surface area (Å²) in [5, 5.41) is 0. The molecule has 0 saturated heterocycles. The van der Waals surface area contributed by atoms with E-state index in [0.29, 0.717) is 7.88 Å². The second-order valence-electron chi connectivity index (χ2n) is 4.15. The molecule has 6 nitrogen and oxygen atoms in total. The maximum absolute atomic E-state index is 12.2. The Kier molecular flexibility index (Phi) is 3.64. The van der Waals surface area contributed by atoms with Crippen LogP contribution in [0.5, 0.6) is 0 Å². The van der Waals surface area contributed by atoms with Crippen LogP contribution in [0.1, 0.15) is 10.4 Å². The smallest absolute Gasteiger partial charge is 0.268 e. The monoisotopic (exact) mass is 415 g/mol. The van der Waals surface area contributed by atoms with Crippen molar-refractivity contribution in [2.24, 2.45) is 0 Å². The molecule has 0 radical (unpaired) electrons. The molecular formula is C10H10INO5S2. The topological polar surface area (TPSA) is 88.6 Å². The second kappa shape index (κ2) is 4.70. The van der Waals surface area contributed by atoms with E-state index in [0.717, 1.165) is 6.26 Å². The van der Waals surface area contributed by atoms with Crippen LogP contribution in [0.25, 0.3) is 0 Å².